The van der Waals surface area contributed by atoms with E-state index in [1.54, 1.807) is 0 Å². The van der Waals surface area contributed by atoms with Gasteiger partial charge in [-0.15, -0.1) is 0 Å². The zero-order chi connectivity index (χ0) is 23.1. The molecule has 0 radical (unpaired) electrons. The number of nitrogens with one attached hydrogen (secondary N) is 1. The number of hydrogen-bond acceptors (Lipinski definition) is 5. The van der Waals surface area contributed by atoms with Crippen LogP contribution in [0.25, 0.3) is 11.1 Å². The summed E-state index contributed by atoms with van der Waals surface area (Å²) in [6.45, 7) is 5.98. The van der Waals surface area contributed by atoms with Crippen molar-refractivity contribution in [3.05, 3.63) is 41.5 Å². The molecule has 172 valence electrons. The van der Waals surface area contributed by atoms with Crippen LogP contribution in [-0.2, 0) is 6.42 Å². The minimum atomic E-state index is -0.437. The van der Waals surface area contributed by atoms with E-state index in [1.807, 2.05) is 26.3 Å². The molecule has 0 aliphatic carbocycles. The van der Waals surface area contributed by atoms with E-state index in [9.17, 15) is 9.90 Å². The number of aliphatic imine (C=N–C) groups is 1. The lowest BCUT2D eigenvalue weighted by Crippen LogP contribution is -2.25. The van der Waals surface area contributed by atoms with Crippen molar-refractivity contribution in [3.63, 3.8) is 0 Å². The highest BCUT2D eigenvalue weighted by atomic mass is 16.3. The average molecular weight is 437 g/mol. The van der Waals surface area contributed by atoms with Crippen LogP contribution < -0.4 is 16.0 Å². The summed E-state index contributed by atoms with van der Waals surface area (Å²) in [4.78, 5) is 19.2. The van der Waals surface area contributed by atoms with Crippen LogP contribution in [0.2, 0.25) is 0 Å². The number of amides is 1. The average Bonchev–Trinajstić information content (AvgIpc) is 3.26. The Hall–Kier alpha value is -2.86. The van der Waals surface area contributed by atoms with Crippen LogP contribution >= 0.6 is 0 Å². The highest BCUT2D eigenvalue weighted by Crippen LogP contribution is 2.38. The van der Waals surface area contributed by atoms with E-state index in [4.69, 9.17) is 5.73 Å². The van der Waals surface area contributed by atoms with Crippen LogP contribution in [0.3, 0.4) is 0 Å². The van der Waals surface area contributed by atoms with Gasteiger partial charge in [0.2, 0.25) is 0 Å². The largest absolute Gasteiger partial charge is 0.396 e. The molecule has 32 heavy (non-hydrogen) atoms. The van der Waals surface area contributed by atoms with Gasteiger partial charge in [0, 0.05) is 38.6 Å². The molecule has 3 rings (SSSR count). The minimum absolute atomic E-state index is 0.189. The molecule has 0 aromatic heterocycles. The Morgan fingerprint density at radius 1 is 1.31 bits per heavy atom. The molecule has 6 nitrogen and oxygen atoms in total. The molecule has 1 aliphatic rings. The quantitative estimate of drug-likeness (QED) is 0.468. The highest BCUT2D eigenvalue weighted by molar-refractivity contribution is 6.05. The molecular weight excluding hydrogens is 400 g/mol. The van der Waals surface area contributed by atoms with Gasteiger partial charge in [0.25, 0.3) is 5.91 Å². The lowest BCUT2D eigenvalue weighted by Gasteiger charge is -2.24. The van der Waals surface area contributed by atoms with E-state index in [2.05, 4.69) is 46.4 Å². The standard InChI is InChI=1S/C26H36N4O2/c1-4-6-7-19-8-9-20(14-22(19)29-5-2)21-15-23(28-3)25(26(27)32)24(16-21)30-12-10-18(17-30)11-13-31/h5,8-9,14-16,18,28,31H,4,6-7,10-13,17H2,1-3H3,(H2,27,32). The van der Waals surface area contributed by atoms with Gasteiger partial charge in [-0.2, -0.15) is 0 Å². The number of aryl methyl sites for hydroxylation is 1. The molecule has 2 aromatic carbocycles. The summed E-state index contributed by atoms with van der Waals surface area (Å²) in [6.07, 6.45) is 6.90. The summed E-state index contributed by atoms with van der Waals surface area (Å²) >= 11 is 0. The molecule has 0 spiro atoms. The minimum Gasteiger partial charge on any atom is -0.396 e. The first-order chi connectivity index (χ1) is 15.5. The van der Waals surface area contributed by atoms with Crippen molar-refractivity contribution >= 4 is 29.2 Å². The molecule has 6 heteroatoms. The van der Waals surface area contributed by atoms with Crippen LogP contribution in [-0.4, -0.2) is 44.0 Å². The molecule has 1 heterocycles. The fourth-order valence-electron chi connectivity index (χ4n) is 4.55. The molecule has 4 N–H and O–H groups in total. The van der Waals surface area contributed by atoms with E-state index in [1.165, 1.54) is 5.56 Å². The normalized spacial score (nSPS) is 16.1. The Morgan fingerprint density at radius 2 is 2.12 bits per heavy atom. The summed E-state index contributed by atoms with van der Waals surface area (Å²) in [5.74, 6) is -0.0153. The van der Waals surface area contributed by atoms with E-state index < -0.39 is 5.91 Å². The van der Waals surface area contributed by atoms with Crippen LogP contribution in [0.15, 0.2) is 35.3 Å². The third-order valence-electron chi connectivity index (χ3n) is 6.28. The van der Waals surface area contributed by atoms with Crippen LogP contribution in [0.4, 0.5) is 17.1 Å². The molecule has 1 fully saturated rings. The molecule has 0 saturated carbocycles. The summed E-state index contributed by atoms with van der Waals surface area (Å²) in [7, 11) is 1.81. The number of aliphatic hydroxyl groups is 1. The van der Waals surface area contributed by atoms with Crippen molar-refractivity contribution in [2.75, 3.05) is 37.0 Å². The molecule has 0 bridgehead atoms. The highest BCUT2D eigenvalue weighted by Gasteiger charge is 2.27. The maximum atomic E-state index is 12.4. The predicted octanol–water partition coefficient (Wildman–Crippen LogP) is 4.77. The number of benzene rings is 2. The number of rotatable bonds is 10. The van der Waals surface area contributed by atoms with Gasteiger partial charge in [-0.05, 0) is 73.4 Å². The smallest absolute Gasteiger partial charge is 0.252 e. The second-order valence-electron chi connectivity index (χ2n) is 8.48. The molecular formula is C26H36N4O2. The molecule has 2 aromatic rings. The maximum absolute atomic E-state index is 12.4. The number of nitrogens with two attached hydrogens (primary N) is 1. The van der Waals surface area contributed by atoms with Gasteiger partial charge in [-0.25, -0.2) is 0 Å². The number of aliphatic hydroxyl groups excluding tert-OH is 1. The van der Waals surface area contributed by atoms with Crippen molar-refractivity contribution in [2.24, 2.45) is 16.6 Å². The Balaban J connectivity index is 2.07. The lowest BCUT2D eigenvalue weighted by molar-refractivity contribution is 0.100. The predicted molar refractivity (Wildman–Crippen MR) is 134 cm³/mol. The second kappa shape index (κ2) is 11.1. The summed E-state index contributed by atoms with van der Waals surface area (Å²) < 4.78 is 0. The van der Waals surface area contributed by atoms with Crippen molar-refractivity contribution in [3.8, 4) is 11.1 Å². The zero-order valence-electron chi connectivity index (χ0n) is 19.5. The van der Waals surface area contributed by atoms with E-state index in [0.717, 1.165) is 73.4 Å². The molecule has 1 saturated heterocycles. The fraction of sp³-hybridized carbons (Fsp3) is 0.462. The van der Waals surface area contributed by atoms with Crippen molar-refractivity contribution < 1.29 is 9.90 Å². The number of hydrogen-bond donors (Lipinski definition) is 3. The first-order valence-electron chi connectivity index (χ1n) is 11.7. The first-order valence-corrected chi connectivity index (χ1v) is 11.7. The van der Waals surface area contributed by atoms with Gasteiger partial charge in [0.1, 0.15) is 0 Å². The molecule has 1 aliphatic heterocycles. The van der Waals surface area contributed by atoms with Gasteiger partial charge in [0.15, 0.2) is 0 Å². The van der Waals surface area contributed by atoms with Gasteiger partial charge in [0.05, 0.1) is 16.9 Å². The number of anilines is 2. The van der Waals surface area contributed by atoms with Gasteiger partial charge < -0.3 is 21.1 Å². The fourth-order valence-corrected chi connectivity index (χ4v) is 4.55. The van der Waals surface area contributed by atoms with Crippen molar-refractivity contribution in [1.82, 2.24) is 0 Å². The second-order valence-corrected chi connectivity index (χ2v) is 8.48. The van der Waals surface area contributed by atoms with Gasteiger partial charge >= 0.3 is 0 Å². The molecule has 1 atom stereocenters. The number of nitrogens with zero attached hydrogens (tertiary/aromatic N) is 2. The summed E-state index contributed by atoms with van der Waals surface area (Å²) in [6, 6.07) is 10.5. The topological polar surface area (TPSA) is 90.9 Å². The van der Waals surface area contributed by atoms with E-state index in [-0.39, 0.29) is 6.61 Å². The monoisotopic (exact) mass is 436 g/mol. The summed E-state index contributed by atoms with van der Waals surface area (Å²) in [5.41, 5.74) is 12.2. The third kappa shape index (κ3) is 5.30. The Kier molecular flexibility index (Phi) is 8.28. The molecule has 1 unspecified atom stereocenters. The van der Waals surface area contributed by atoms with Crippen LogP contribution in [0.1, 0.15) is 55.5 Å². The zero-order valence-corrected chi connectivity index (χ0v) is 19.5. The first kappa shape index (κ1) is 23.8. The molecule has 1 amide bonds. The number of carbonyl (C=O) groups is 1. The van der Waals surface area contributed by atoms with Crippen LogP contribution in [0.5, 0.6) is 0 Å². The van der Waals surface area contributed by atoms with E-state index in [0.29, 0.717) is 11.5 Å². The van der Waals surface area contributed by atoms with E-state index >= 15 is 0 Å². The summed E-state index contributed by atoms with van der Waals surface area (Å²) in [5, 5.41) is 12.5. The van der Waals surface area contributed by atoms with Gasteiger partial charge in [-0.3, -0.25) is 9.79 Å². The maximum Gasteiger partial charge on any atom is 0.252 e. The van der Waals surface area contributed by atoms with Gasteiger partial charge in [-0.1, -0.05) is 25.5 Å². The third-order valence-corrected chi connectivity index (χ3v) is 6.28. The number of carbonyl (C=O) groups excluding carboxylic acids is 1. The SMILES string of the molecule is CC=Nc1cc(-c2cc(NC)c(C(N)=O)c(N3CCC(CCO)C3)c2)ccc1CCCC. The van der Waals surface area contributed by atoms with Crippen LogP contribution in [0, 0.1) is 5.92 Å². The number of unbranched alkanes of at least 4 members (excludes halogenated alkanes) is 1. The lowest BCUT2D eigenvalue weighted by atomic mass is 9.96. The Morgan fingerprint density at radius 3 is 2.78 bits per heavy atom. The number of primary amides is 1. The Labute approximate surface area is 191 Å². The Bertz CT molecular complexity index is 971. The van der Waals surface area contributed by atoms with Crippen molar-refractivity contribution in [1.29, 1.82) is 0 Å². The van der Waals surface area contributed by atoms with Crippen molar-refractivity contribution in [2.45, 2.75) is 46.0 Å².